The van der Waals surface area contributed by atoms with Gasteiger partial charge in [-0.2, -0.15) is 0 Å². The van der Waals surface area contributed by atoms with Crippen molar-refractivity contribution < 1.29 is 19.1 Å². The molecule has 1 rings (SSSR count). The molecule has 0 aliphatic carbocycles. The highest BCUT2D eigenvalue weighted by Gasteiger charge is 2.25. The summed E-state index contributed by atoms with van der Waals surface area (Å²) in [7, 11) is 0. The molecule has 1 amide bonds. The molecule has 0 saturated heterocycles. The van der Waals surface area contributed by atoms with E-state index in [1.165, 1.54) is 0 Å². The second-order valence-electron chi connectivity index (χ2n) is 6.27. The highest BCUT2D eigenvalue weighted by Crippen LogP contribution is 2.29. The molecule has 1 heterocycles. The van der Waals surface area contributed by atoms with Crippen LogP contribution in [0.4, 0.5) is 9.93 Å². The topological polar surface area (TPSA) is 77.5 Å². The number of hydrogen-bond donors (Lipinski definition) is 1. The van der Waals surface area contributed by atoms with Crippen molar-refractivity contribution in [1.82, 2.24) is 4.98 Å². The molecule has 6 nitrogen and oxygen atoms in total. The average Bonchev–Trinajstić information content (AvgIpc) is 2.53. The number of amides is 1. The fourth-order valence-corrected chi connectivity index (χ4v) is 2.24. The average molecular weight is 335 g/mol. The van der Waals surface area contributed by atoms with E-state index in [0.29, 0.717) is 0 Å². The summed E-state index contributed by atoms with van der Waals surface area (Å²) in [6.45, 7) is 10.5. The van der Waals surface area contributed by atoms with Crippen LogP contribution in [0.5, 0.6) is 0 Å². The Hall–Kier alpha value is -1.34. The maximum Gasteiger partial charge on any atom is 0.413 e. The van der Waals surface area contributed by atoms with Gasteiger partial charge in [-0.3, -0.25) is 5.32 Å². The largest absolute Gasteiger partial charge is 0.456 e. The Bertz CT molecular complexity index is 543. The fourth-order valence-electron chi connectivity index (χ4n) is 1.20. The zero-order chi connectivity index (χ0) is 16.4. The predicted molar refractivity (Wildman–Crippen MR) is 82.1 cm³/mol. The summed E-state index contributed by atoms with van der Waals surface area (Å²) in [6, 6.07) is 0. The summed E-state index contributed by atoms with van der Waals surface area (Å²) in [6.07, 6.45) is -0.663. The summed E-state index contributed by atoms with van der Waals surface area (Å²) in [5.41, 5.74) is -1.26. The minimum absolute atomic E-state index is 0.0136. The minimum atomic E-state index is -0.663. The van der Waals surface area contributed by atoms with Gasteiger partial charge in [0.2, 0.25) is 0 Å². The van der Waals surface area contributed by atoms with E-state index >= 15 is 0 Å². The van der Waals surface area contributed by atoms with Crippen molar-refractivity contribution in [2.75, 3.05) is 5.32 Å². The number of hydrogen-bond acceptors (Lipinski definition) is 6. The van der Waals surface area contributed by atoms with Gasteiger partial charge in [-0.15, -0.1) is 0 Å². The number of thiazole rings is 1. The maximum atomic E-state index is 11.9. The van der Waals surface area contributed by atoms with Crippen LogP contribution < -0.4 is 5.32 Å². The van der Waals surface area contributed by atoms with E-state index in [4.69, 9.17) is 21.1 Å². The zero-order valence-electron chi connectivity index (χ0n) is 12.9. The lowest BCUT2D eigenvalue weighted by Gasteiger charge is -2.19. The monoisotopic (exact) mass is 334 g/mol. The molecule has 21 heavy (non-hydrogen) atoms. The lowest BCUT2D eigenvalue weighted by molar-refractivity contribution is 0.00749. The molecule has 1 aromatic heterocycles. The van der Waals surface area contributed by atoms with Crippen molar-refractivity contribution in [2.45, 2.75) is 52.7 Å². The Labute approximate surface area is 132 Å². The predicted octanol–water partition coefficient (Wildman–Crippen LogP) is 4.10. The number of anilines is 1. The van der Waals surface area contributed by atoms with Gasteiger partial charge in [0.25, 0.3) is 0 Å². The van der Waals surface area contributed by atoms with E-state index in [2.05, 4.69) is 10.3 Å². The van der Waals surface area contributed by atoms with E-state index in [1.807, 2.05) is 0 Å². The second-order valence-corrected chi connectivity index (χ2v) is 7.62. The lowest BCUT2D eigenvalue weighted by Crippen LogP contribution is -2.27. The second kappa shape index (κ2) is 6.19. The molecule has 0 aliphatic heterocycles. The van der Waals surface area contributed by atoms with Crippen molar-refractivity contribution >= 4 is 40.1 Å². The van der Waals surface area contributed by atoms with Gasteiger partial charge in [-0.25, -0.2) is 14.6 Å². The van der Waals surface area contributed by atoms with Crippen LogP contribution in [0.15, 0.2) is 0 Å². The number of ether oxygens (including phenoxy) is 2. The first kappa shape index (κ1) is 17.7. The molecule has 0 atom stereocenters. The molecule has 1 N–H and O–H groups in total. The summed E-state index contributed by atoms with van der Waals surface area (Å²) < 4.78 is 10.3. The first-order valence-corrected chi connectivity index (χ1v) is 7.46. The van der Waals surface area contributed by atoms with Crippen molar-refractivity contribution in [2.24, 2.45) is 0 Å². The van der Waals surface area contributed by atoms with Crippen molar-refractivity contribution in [1.29, 1.82) is 0 Å². The molecule has 0 aliphatic rings. The van der Waals surface area contributed by atoms with Crippen molar-refractivity contribution in [3.05, 3.63) is 10.0 Å². The molecule has 118 valence electrons. The molecule has 0 saturated carbocycles. The highest BCUT2D eigenvalue weighted by molar-refractivity contribution is 7.18. The maximum absolute atomic E-state index is 11.9. The Morgan fingerprint density at radius 3 is 2.10 bits per heavy atom. The molecule has 0 fully saturated rings. The van der Waals surface area contributed by atoms with E-state index in [-0.39, 0.29) is 15.2 Å². The number of rotatable bonds is 2. The number of esters is 1. The molecule has 0 aromatic carbocycles. The van der Waals surface area contributed by atoms with Gasteiger partial charge in [0.05, 0.1) is 0 Å². The Kier molecular flexibility index (Phi) is 5.22. The fraction of sp³-hybridized carbons (Fsp3) is 0.615. The first-order valence-electron chi connectivity index (χ1n) is 6.27. The van der Waals surface area contributed by atoms with Crippen LogP contribution in [0.1, 0.15) is 51.2 Å². The van der Waals surface area contributed by atoms with Crippen LogP contribution in [-0.4, -0.2) is 28.2 Å². The van der Waals surface area contributed by atoms with Gasteiger partial charge in [0.15, 0.2) is 15.2 Å². The van der Waals surface area contributed by atoms with Gasteiger partial charge in [-0.1, -0.05) is 22.9 Å². The van der Waals surface area contributed by atoms with E-state index < -0.39 is 23.3 Å². The quantitative estimate of drug-likeness (QED) is 0.824. The number of carbonyl (C=O) groups excluding carboxylic acids is 2. The van der Waals surface area contributed by atoms with Crippen LogP contribution in [0.3, 0.4) is 0 Å². The molecule has 0 radical (unpaired) electrons. The van der Waals surface area contributed by atoms with Crippen LogP contribution in [0.25, 0.3) is 0 Å². The number of aromatic nitrogens is 1. The summed E-state index contributed by atoms with van der Waals surface area (Å²) in [4.78, 5) is 27.6. The highest BCUT2D eigenvalue weighted by atomic mass is 35.5. The third-order valence-corrected chi connectivity index (χ3v) is 3.11. The molecule has 0 bridgehead atoms. The van der Waals surface area contributed by atoms with Crippen molar-refractivity contribution in [3.63, 3.8) is 0 Å². The number of nitrogens with zero attached hydrogens (tertiary/aromatic N) is 1. The smallest absolute Gasteiger partial charge is 0.413 e. The van der Waals surface area contributed by atoms with Crippen LogP contribution in [-0.2, 0) is 9.47 Å². The van der Waals surface area contributed by atoms with Gasteiger partial charge in [-0.05, 0) is 41.5 Å². The number of halogens is 1. The number of nitrogens with one attached hydrogen (secondary N) is 1. The molecular formula is C13H19ClN2O4S. The third kappa shape index (κ3) is 6.31. The summed E-state index contributed by atoms with van der Waals surface area (Å²) >= 11 is 6.82. The van der Waals surface area contributed by atoms with Crippen LogP contribution in [0.2, 0.25) is 5.15 Å². The molecule has 0 spiro atoms. The molecule has 0 unspecified atom stereocenters. The first-order chi connectivity index (χ1) is 9.37. The van der Waals surface area contributed by atoms with Gasteiger partial charge < -0.3 is 9.47 Å². The van der Waals surface area contributed by atoms with Gasteiger partial charge in [0.1, 0.15) is 11.2 Å². The van der Waals surface area contributed by atoms with Gasteiger partial charge >= 0.3 is 12.1 Å². The zero-order valence-corrected chi connectivity index (χ0v) is 14.4. The molecule has 8 heteroatoms. The van der Waals surface area contributed by atoms with Crippen molar-refractivity contribution in [3.8, 4) is 0 Å². The standard InChI is InChI=1S/C13H19ClN2O4S/c1-12(2,3)19-9(17)7-8(14)15-10(21-7)16-11(18)20-13(4,5)6/h1-6H3,(H,15,16,18). The molecule has 1 aromatic rings. The third-order valence-electron chi connectivity index (χ3n) is 1.78. The van der Waals surface area contributed by atoms with E-state index in [1.54, 1.807) is 41.5 Å². The summed E-state index contributed by atoms with van der Waals surface area (Å²) in [5.74, 6) is -0.581. The molecular weight excluding hydrogens is 316 g/mol. The Morgan fingerprint density at radius 1 is 1.10 bits per heavy atom. The lowest BCUT2D eigenvalue weighted by atomic mass is 10.2. The van der Waals surface area contributed by atoms with Crippen LogP contribution >= 0.6 is 22.9 Å². The van der Waals surface area contributed by atoms with E-state index in [9.17, 15) is 9.59 Å². The minimum Gasteiger partial charge on any atom is -0.456 e. The van der Waals surface area contributed by atoms with E-state index in [0.717, 1.165) is 11.3 Å². The normalized spacial score (nSPS) is 12.0. The van der Waals surface area contributed by atoms with Crippen LogP contribution in [0, 0.1) is 0 Å². The summed E-state index contributed by atoms with van der Waals surface area (Å²) in [5, 5.41) is 2.59. The Morgan fingerprint density at radius 2 is 1.62 bits per heavy atom. The number of carbonyl (C=O) groups is 2. The van der Waals surface area contributed by atoms with Gasteiger partial charge in [0, 0.05) is 0 Å². The SMILES string of the molecule is CC(C)(C)OC(=O)Nc1nc(Cl)c(C(=O)OC(C)(C)C)s1. The Balaban J connectivity index is 2.79.